The van der Waals surface area contributed by atoms with E-state index in [1.807, 2.05) is 96.9 Å². The Kier molecular flexibility index (Phi) is 41.5. The van der Waals surface area contributed by atoms with E-state index in [0.29, 0.717) is 11.0 Å². The number of fused-ring (bicyclic) bond motifs is 14. The van der Waals surface area contributed by atoms with Crippen molar-refractivity contribution in [3.8, 4) is 0 Å². The molecule has 8 aromatic rings. The van der Waals surface area contributed by atoms with Gasteiger partial charge in [0.25, 0.3) is 0 Å². The number of hydrogen-bond donors (Lipinski definition) is 0. The molecule has 20 rings (SSSR count). The summed E-state index contributed by atoms with van der Waals surface area (Å²) in [7, 11) is 0. The Hall–Kier alpha value is -6.90. The van der Waals surface area contributed by atoms with Crippen molar-refractivity contribution in [2.75, 3.05) is 117 Å². The Morgan fingerprint density at radius 1 is 0.258 bits per heavy atom. The highest BCUT2D eigenvalue weighted by Crippen LogP contribution is 2.55. The maximum absolute atomic E-state index is 6.11. The third-order valence-electron chi connectivity index (χ3n) is 28.5. The molecule has 1 aromatic heterocycles. The van der Waals surface area contributed by atoms with Crippen LogP contribution in [0, 0.1) is 5.92 Å². The molecule has 12 aliphatic rings. The molecule has 6 atom stereocenters. The topological polar surface area (TPSA) is 70.5 Å². The molecule has 0 bridgehead atoms. The van der Waals surface area contributed by atoms with Gasteiger partial charge in [-0.25, -0.2) is 0 Å². The molecule has 7 fully saturated rings. The smallest absolute Gasteiger partial charge is 0.113 e. The monoisotopic (exact) mass is 1810 g/mol. The molecule has 0 amide bonds. The van der Waals surface area contributed by atoms with Crippen molar-refractivity contribution >= 4 is 50.2 Å². The number of likely N-dealkylation sites (tertiary alicyclic amines) is 1. The molecule has 5 spiro atoms. The zero-order valence-electron chi connectivity index (χ0n) is 91.0. The van der Waals surface area contributed by atoms with E-state index >= 15 is 0 Å². The predicted molar refractivity (Wildman–Crippen MR) is 577 cm³/mol. The summed E-state index contributed by atoms with van der Waals surface area (Å²) in [5, 5.41) is 2.69. The van der Waals surface area contributed by atoms with Crippen LogP contribution in [0.2, 0.25) is 0 Å². The minimum absolute atomic E-state index is 0.0239. The summed E-state index contributed by atoms with van der Waals surface area (Å²) in [4.78, 5) is 15.4. The summed E-state index contributed by atoms with van der Waals surface area (Å²) in [6, 6.07) is 62.4. The van der Waals surface area contributed by atoms with Gasteiger partial charge in [-0.3, -0.25) is 4.90 Å². The van der Waals surface area contributed by atoms with Gasteiger partial charge in [0, 0.05) is 182 Å². The van der Waals surface area contributed by atoms with Crippen molar-refractivity contribution in [2.45, 2.75) is 411 Å². The van der Waals surface area contributed by atoms with Crippen LogP contribution in [0.25, 0.3) is 21.8 Å². The highest BCUT2D eigenvalue weighted by atomic mass is 16.5. The molecule has 738 valence electrons. The molecule has 12 heteroatoms. The Morgan fingerprint density at radius 2 is 0.561 bits per heavy atom. The Labute approximate surface area is 809 Å². The van der Waals surface area contributed by atoms with Gasteiger partial charge in [-0.2, -0.15) is 0 Å². The minimum Gasteiger partial charge on any atom is -0.381 e. The van der Waals surface area contributed by atoms with E-state index in [9.17, 15) is 0 Å². The number of rotatable bonds is 0. The van der Waals surface area contributed by atoms with Crippen molar-refractivity contribution in [1.82, 2.24) is 9.47 Å². The third-order valence-corrected chi connectivity index (χ3v) is 28.5. The van der Waals surface area contributed by atoms with Crippen LogP contribution in [-0.2, 0) is 56.7 Å². The van der Waals surface area contributed by atoms with Gasteiger partial charge < -0.3 is 52.8 Å². The number of nitrogens with zero attached hydrogens (tertiary/aromatic N) is 7. The Balaban J connectivity index is 0.000000206. The zero-order valence-corrected chi connectivity index (χ0v) is 91.0. The number of benzene rings is 7. The average Bonchev–Trinajstić information content (AvgIpc) is 1.63. The van der Waals surface area contributed by atoms with E-state index in [0.717, 1.165) is 117 Å². The lowest BCUT2D eigenvalue weighted by Gasteiger charge is -2.50. The van der Waals surface area contributed by atoms with E-state index in [1.165, 1.54) is 156 Å². The van der Waals surface area contributed by atoms with Crippen molar-refractivity contribution in [1.29, 1.82) is 0 Å². The number of ether oxygens (including phenoxy) is 5. The Morgan fingerprint density at radius 3 is 0.902 bits per heavy atom. The van der Waals surface area contributed by atoms with Gasteiger partial charge >= 0.3 is 0 Å². The third kappa shape index (κ3) is 25.7. The van der Waals surface area contributed by atoms with E-state index in [2.05, 4.69) is 349 Å². The molecular weight excluding hydrogens is 1620 g/mol. The lowest BCUT2D eigenvalue weighted by molar-refractivity contribution is -0.00454. The van der Waals surface area contributed by atoms with Crippen molar-refractivity contribution in [2.24, 2.45) is 5.92 Å². The second-order valence-corrected chi connectivity index (χ2v) is 43.8. The molecule has 1 aliphatic carbocycles. The van der Waals surface area contributed by atoms with Gasteiger partial charge in [-0.15, -0.1) is 0 Å². The zero-order chi connectivity index (χ0) is 98.1. The molecule has 12 nitrogen and oxygen atoms in total. The normalized spacial score (nSPS) is 23.2. The summed E-state index contributed by atoms with van der Waals surface area (Å²) in [5.41, 5.74) is 19.2. The van der Waals surface area contributed by atoms with E-state index in [-0.39, 0.29) is 55.3 Å². The van der Waals surface area contributed by atoms with Crippen molar-refractivity contribution in [3.05, 3.63) is 198 Å². The summed E-state index contributed by atoms with van der Waals surface area (Å²) in [6.07, 6.45) is 19.5. The van der Waals surface area contributed by atoms with Crippen LogP contribution in [0.15, 0.2) is 170 Å². The fourth-order valence-electron chi connectivity index (χ4n) is 22.5. The number of para-hydroxylation sites is 7. The second kappa shape index (κ2) is 48.9. The van der Waals surface area contributed by atoms with Crippen LogP contribution in [0.4, 0.5) is 28.4 Å². The quantitative estimate of drug-likeness (QED) is 0.146. The molecule has 1 saturated carbocycles. The van der Waals surface area contributed by atoms with Gasteiger partial charge in [0.1, 0.15) is 11.2 Å². The first-order chi connectivity index (χ1) is 62.8. The van der Waals surface area contributed by atoms with Crippen molar-refractivity contribution in [3.63, 3.8) is 0 Å². The molecule has 7 aromatic carbocycles. The lowest BCUT2D eigenvalue weighted by atomic mass is 9.68. The lowest BCUT2D eigenvalue weighted by Crippen LogP contribution is -2.54. The first kappa shape index (κ1) is 112. The minimum atomic E-state index is -0.0239. The highest BCUT2D eigenvalue weighted by Gasteiger charge is 2.53. The SMILES string of the molecule is CC.CC.CC.CC.CC.CC.CC.CC(C)(C)N1CC2(CCCO2)c2ccccc21.CC(C)(C)N1CC2(CCCO2)c2ccccc21.CC(C)(C)N1CC2(CCOC2)c2ccccc21.CC(C)(C)N1CC2(CCOC2)c2ccccc21.CC(C)(C)N1CCC2(CCOCC2)c2ccccc21.CC(C)(C)N1CCCC2CCCCC21.CC(C)(C)n1c2ccccc2c2ccccc21. The van der Waals surface area contributed by atoms with Crippen LogP contribution < -0.4 is 24.5 Å². The summed E-state index contributed by atoms with van der Waals surface area (Å²) in [6.45, 7) is 90.2. The first-order valence-corrected chi connectivity index (χ1v) is 52.9. The van der Waals surface area contributed by atoms with Crippen LogP contribution in [-0.4, -0.2) is 141 Å². The number of piperidine rings is 1. The van der Waals surface area contributed by atoms with Gasteiger partial charge in [0.2, 0.25) is 0 Å². The van der Waals surface area contributed by atoms with E-state index in [4.69, 9.17) is 23.7 Å². The fourth-order valence-corrected chi connectivity index (χ4v) is 22.5. The summed E-state index contributed by atoms with van der Waals surface area (Å²) in [5.74, 6) is 1.02. The maximum atomic E-state index is 6.11. The summed E-state index contributed by atoms with van der Waals surface area (Å²) < 4.78 is 31.6. The maximum Gasteiger partial charge on any atom is 0.113 e. The average molecular weight is 1810 g/mol. The van der Waals surface area contributed by atoms with Gasteiger partial charge in [0.05, 0.1) is 26.3 Å². The van der Waals surface area contributed by atoms with Gasteiger partial charge in [-0.05, 0) is 300 Å². The van der Waals surface area contributed by atoms with Crippen LogP contribution >= 0.6 is 0 Å². The van der Waals surface area contributed by atoms with Crippen LogP contribution in [0.1, 0.15) is 366 Å². The molecule has 0 radical (unpaired) electrons. The van der Waals surface area contributed by atoms with Crippen molar-refractivity contribution < 1.29 is 23.7 Å². The van der Waals surface area contributed by atoms with Crippen LogP contribution in [0.5, 0.6) is 0 Å². The molecule has 132 heavy (non-hydrogen) atoms. The molecule has 6 unspecified atom stereocenters. The number of aromatic nitrogens is 1. The Bertz CT molecular complexity index is 4280. The van der Waals surface area contributed by atoms with E-state index < -0.39 is 0 Å². The van der Waals surface area contributed by atoms with Gasteiger partial charge in [0.15, 0.2) is 0 Å². The van der Waals surface area contributed by atoms with E-state index in [1.54, 1.807) is 5.56 Å². The van der Waals surface area contributed by atoms with Gasteiger partial charge in [-0.1, -0.05) is 237 Å². The first-order valence-electron chi connectivity index (χ1n) is 52.9. The molecule has 6 saturated heterocycles. The molecule has 12 heterocycles. The molecular formula is C120H193N7O5. The number of hydrogen-bond acceptors (Lipinski definition) is 11. The standard InChI is InChI=1S/C17H25NO.C16H17N.4C15H21NO.C13H25N.7C2H6/c1-16(2,3)18-11-8-17(9-12-19-13-10-17)14-6-4-5-7-15(14)18;1-16(2,3)17-14-10-6-4-8-12(14)13-9-5-7-11-15(13)17;2*1-14(2,3)16-11-15(9-6-10-17-15)12-7-4-5-8-13(12)16;2*1-14(2,3)16-10-15(8-9-17-11-15)12-6-4-5-7-13(12)16;1-13(2,3)14-10-6-8-11-7-4-5-9-12(11)14;7*1-2/h4-7H,8-13H2,1-3H3;4-11H,1-3H3;2*4-5,7-8H,6,9-11H2,1-3H3;2*4-7H,8-11H2,1-3H3;11-12H,4-10H2,1-3H3;7*1-2H3. The number of anilines is 5. The summed E-state index contributed by atoms with van der Waals surface area (Å²) >= 11 is 0. The molecule has 0 N–H and O–H groups in total. The highest BCUT2D eigenvalue weighted by molar-refractivity contribution is 6.08. The molecule has 11 aliphatic heterocycles. The second-order valence-electron chi connectivity index (χ2n) is 43.8. The largest absolute Gasteiger partial charge is 0.381 e. The predicted octanol–water partition coefficient (Wildman–Crippen LogP) is 31.5. The van der Waals surface area contributed by atoms with Crippen LogP contribution in [0.3, 0.4) is 0 Å². The fraction of sp³-hybridized carbons (Fsp3) is 0.650.